The number of hydrogen-bond donors (Lipinski definition) is 0. The molecule has 2 fully saturated rings. The molecule has 2 aliphatic rings. The van der Waals surface area contributed by atoms with Gasteiger partial charge in [-0.2, -0.15) is 0 Å². The summed E-state index contributed by atoms with van der Waals surface area (Å²) in [6, 6.07) is 23.4. The molecule has 2 aromatic carbocycles. The van der Waals surface area contributed by atoms with E-state index in [1.54, 1.807) is 0 Å². The van der Waals surface area contributed by atoms with Gasteiger partial charge in [-0.1, -0.05) is 60.7 Å². The second-order valence-corrected chi connectivity index (χ2v) is 8.39. The van der Waals surface area contributed by atoms with E-state index in [1.165, 1.54) is 17.5 Å². The predicted octanol–water partition coefficient (Wildman–Crippen LogP) is 3.11. The zero-order valence-corrected chi connectivity index (χ0v) is 17.2. The zero-order chi connectivity index (χ0) is 19.3. The lowest BCUT2D eigenvalue weighted by Gasteiger charge is -2.52. The van der Waals surface area contributed by atoms with Crippen LogP contribution in [-0.2, 0) is 4.74 Å². The van der Waals surface area contributed by atoms with Gasteiger partial charge in [-0.3, -0.25) is 9.80 Å². The van der Waals surface area contributed by atoms with Crippen molar-refractivity contribution < 1.29 is 4.74 Å². The fraction of sp³-hybridized carbons (Fsp3) is 0.500. The van der Waals surface area contributed by atoms with Crippen LogP contribution in [-0.4, -0.2) is 80.3 Å². The minimum Gasteiger partial charge on any atom is -0.378 e. The van der Waals surface area contributed by atoms with E-state index in [9.17, 15) is 0 Å². The zero-order valence-electron chi connectivity index (χ0n) is 17.2. The van der Waals surface area contributed by atoms with Crippen LogP contribution in [0.15, 0.2) is 60.7 Å². The molecule has 150 valence electrons. The molecule has 4 rings (SSSR count). The van der Waals surface area contributed by atoms with Gasteiger partial charge in [-0.15, -0.1) is 0 Å². The molecule has 2 saturated heterocycles. The first kappa shape index (κ1) is 19.6. The molecule has 4 nitrogen and oxygen atoms in total. The van der Waals surface area contributed by atoms with Gasteiger partial charge in [0.15, 0.2) is 0 Å². The third-order valence-electron chi connectivity index (χ3n) is 6.14. The van der Waals surface area contributed by atoms with E-state index < -0.39 is 0 Å². The smallest absolute Gasteiger partial charge is 0.0623 e. The number of likely N-dealkylation sites (tertiary alicyclic amines) is 1. The molecule has 0 saturated carbocycles. The van der Waals surface area contributed by atoms with Gasteiger partial charge in [0, 0.05) is 31.7 Å². The molecule has 0 aromatic heterocycles. The van der Waals surface area contributed by atoms with E-state index >= 15 is 0 Å². The summed E-state index contributed by atoms with van der Waals surface area (Å²) in [6.45, 7) is 6.20. The summed E-state index contributed by atoms with van der Waals surface area (Å²) < 4.78 is 5.80. The largest absolute Gasteiger partial charge is 0.378 e. The highest BCUT2D eigenvalue weighted by atomic mass is 16.5. The van der Waals surface area contributed by atoms with E-state index in [4.69, 9.17) is 4.74 Å². The Morgan fingerprint density at radius 2 is 1.57 bits per heavy atom. The molecule has 2 aromatic rings. The Balaban J connectivity index is 1.45. The minimum atomic E-state index is 0.347. The Bertz CT molecular complexity index is 676. The lowest BCUT2D eigenvalue weighted by atomic mass is 9.92. The van der Waals surface area contributed by atoms with Crippen LogP contribution >= 0.6 is 0 Å². The number of hydrogen-bond acceptors (Lipinski definition) is 4. The van der Waals surface area contributed by atoms with Crippen LogP contribution < -0.4 is 0 Å². The SMILES string of the molecule is CN(C)CC[C@@H]1COCCN1C1CN(C(c2ccccc2)c2ccccc2)C1. The summed E-state index contributed by atoms with van der Waals surface area (Å²) in [4.78, 5) is 7.63. The lowest BCUT2D eigenvalue weighted by Crippen LogP contribution is -2.64. The Labute approximate surface area is 169 Å². The van der Waals surface area contributed by atoms with Crippen molar-refractivity contribution in [3.05, 3.63) is 71.8 Å². The van der Waals surface area contributed by atoms with Crippen molar-refractivity contribution in [2.75, 3.05) is 53.5 Å². The lowest BCUT2D eigenvalue weighted by molar-refractivity contribution is -0.0776. The van der Waals surface area contributed by atoms with Crippen LogP contribution in [0.4, 0.5) is 0 Å². The number of morpholine rings is 1. The molecule has 0 unspecified atom stereocenters. The van der Waals surface area contributed by atoms with Crippen molar-refractivity contribution in [2.45, 2.75) is 24.5 Å². The molecule has 1 atom stereocenters. The van der Waals surface area contributed by atoms with Crippen LogP contribution in [0.1, 0.15) is 23.6 Å². The quantitative estimate of drug-likeness (QED) is 0.736. The average Bonchev–Trinajstić information content (AvgIpc) is 2.70. The van der Waals surface area contributed by atoms with Crippen molar-refractivity contribution in [2.24, 2.45) is 0 Å². The van der Waals surface area contributed by atoms with Gasteiger partial charge >= 0.3 is 0 Å². The van der Waals surface area contributed by atoms with Gasteiger partial charge in [0.05, 0.1) is 19.3 Å². The minimum absolute atomic E-state index is 0.347. The van der Waals surface area contributed by atoms with E-state index in [1.807, 2.05) is 0 Å². The van der Waals surface area contributed by atoms with Crippen molar-refractivity contribution in [1.29, 1.82) is 0 Å². The summed E-state index contributed by atoms with van der Waals surface area (Å²) in [5, 5.41) is 0. The first-order valence-corrected chi connectivity index (χ1v) is 10.5. The van der Waals surface area contributed by atoms with Crippen LogP contribution in [0.2, 0.25) is 0 Å². The Morgan fingerprint density at radius 1 is 0.964 bits per heavy atom. The Hall–Kier alpha value is -1.72. The second-order valence-electron chi connectivity index (χ2n) is 8.39. The van der Waals surface area contributed by atoms with Gasteiger partial charge in [-0.25, -0.2) is 0 Å². The van der Waals surface area contributed by atoms with E-state index in [-0.39, 0.29) is 0 Å². The monoisotopic (exact) mass is 379 g/mol. The van der Waals surface area contributed by atoms with Crippen LogP contribution in [0, 0.1) is 0 Å². The van der Waals surface area contributed by atoms with Gasteiger partial charge in [0.1, 0.15) is 0 Å². The molecule has 2 heterocycles. The van der Waals surface area contributed by atoms with Crippen LogP contribution in [0.5, 0.6) is 0 Å². The van der Waals surface area contributed by atoms with E-state index in [0.29, 0.717) is 18.1 Å². The highest BCUT2D eigenvalue weighted by Gasteiger charge is 2.40. The van der Waals surface area contributed by atoms with Gasteiger partial charge < -0.3 is 9.64 Å². The van der Waals surface area contributed by atoms with E-state index in [0.717, 1.165) is 39.4 Å². The molecule has 0 spiro atoms. The number of ether oxygens (including phenoxy) is 1. The molecule has 0 radical (unpaired) electrons. The van der Waals surface area contributed by atoms with Crippen molar-refractivity contribution >= 4 is 0 Å². The number of benzene rings is 2. The standard InChI is InChI=1S/C24H33N3O/c1-25(2)14-13-22-19-28-16-15-27(22)23-17-26(18-23)24(20-9-5-3-6-10-20)21-11-7-4-8-12-21/h3-12,22-24H,13-19H2,1-2H3/t22-/m1/s1. The van der Waals surface area contributed by atoms with Crippen molar-refractivity contribution in [3.8, 4) is 0 Å². The summed E-state index contributed by atoms with van der Waals surface area (Å²) >= 11 is 0. The topological polar surface area (TPSA) is 19.0 Å². The second kappa shape index (κ2) is 9.19. The van der Waals surface area contributed by atoms with E-state index in [2.05, 4.69) is 89.5 Å². The maximum Gasteiger partial charge on any atom is 0.0623 e. The Kier molecular flexibility index (Phi) is 6.43. The van der Waals surface area contributed by atoms with Crippen LogP contribution in [0.25, 0.3) is 0 Å². The molecule has 0 bridgehead atoms. The normalized spacial score (nSPS) is 21.9. The average molecular weight is 380 g/mol. The molecule has 28 heavy (non-hydrogen) atoms. The number of nitrogens with zero attached hydrogens (tertiary/aromatic N) is 3. The summed E-state index contributed by atoms with van der Waals surface area (Å²) in [5.74, 6) is 0. The molecule has 4 heteroatoms. The molecular weight excluding hydrogens is 346 g/mol. The maximum absolute atomic E-state index is 5.80. The van der Waals surface area contributed by atoms with Gasteiger partial charge in [-0.05, 0) is 38.2 Å². The van der Waals surface area contributed by atoms with Gasteiger partial charge in [0.2, 0.25) is 0 Å². The summed E-state index contributed by atoms with van der Waals surface area (Å²) in [6.07, 6.45) is 1.18. The van der Waals surface area contributed by atoms with Crippen LogP contribution in [0.3, 0.4) is 0 Å². The first-order valence-electron chi connectivity index (χ1n) is 10.5. The fourth-order valence-corrected chi connectivity index (χ4v) is 4.60. The maximum atomic E-state index is 5.80. The third kappa shape index (κ3) is 4.47. The molecule has 2 aliphatic heterocycles. The van der Waals surface area contributed by atoms with Crippen molar-refractivity contribution in [3.63, 3.8) is 0 Å². The fourth-order valence-electron chi connectivity index (χ4n) is 4.60. The third-order valence-corrected chi connectivity index (χ3v) is 6.14. The van der Waals surface area contributed by atoms with Crippen molar-refractivity contribution in [1.82, 2.24) is 14.7 Å². The molecule has 0 N–H and O–H groups in total. The highest BCUT2D eigenvalue weighted by molar-refractivity contribution is 5.32. The van der Waals surface area contributed by atoms with Gasteiger partial charge in [0.25, 0.3) is 0 Å². The molecule has 0 amide bonds. The summed E-state index contributed by atoms with van der Waals surface area (Å²) in [7, 11) is 4.31. The number of rotatable bonds is 7. The molecule has 0 aliphatic carbocycles. The highest BCUT2D eigenvalue weighted by Crippen LogP contribution is 2.34. The summed E-state index contributed by atoms with van der Waals surface area (Å²) in [5.41, 5.74) is 2.77. The predicted molar refractivity (Wildman–Crippen MR) is 115 cm³/mol. The first-order chi connectivity index (χ1) is 13.7. The molecular formula is C24H33N3O. The Morgan fingerprint density at radius 3 is 2.14 bits per heavy atom.